The van der Waals surface area contributed by atoms with Gasteiger partial charge >= 0.3 is 0 Å². The number of hydrogen-bond donors (Lipinski definition) is 1. The highest BCUT2D eigenvalue weighted by atomic mass is 35.5. The number of rotatable bonds is 4. The number of nitrogens with zero attached hydrogens (tertiary/aromatic N) is 1. The number of amides is 1. The number of carbonyl (C=O) groups is 1. The molecule has 1 saturated heterocycles. The number of piperidine rings is 1. The lowest BCUT2D eigenvalue weighted by Gasteiger charge is -2.31. The maximum atomic E-state index is 13.0. The Hall–Kier alpha value is -1.89. The Kier molecular flexibility index (Phi) is 6.36. The minimum Gasteiger partial charge on any atom is -0.349 e. The van der Waals surface area contributed by atoms with Crippen molar-refractivity contribution in [3.05, 3.63) is 64.7 Å². The predicted octanol–water partition coefficient (Wildman–Crippen LogP) is 4.22. The third kappa shape index (κ3) is 5.18. The Morgan fingerprint density at radius 2 is 1.55 bits per heavy atom. The van der Waals surface area contributed by atoms with Gasteiger partial charge < -0.3 is 5.32 Å². The summed E-state index contributed by atoms with van der Waals surface area (Å²) in [5.74, 6) is -0.166. The molecule has 2 aromatic carbocycles. The maximum absolute atomic E-state index is 13.0. The Morgan fingerprint density at radius 3 is 2.07 bits per heavy atom. The molecule has 1 aliphatic rings. The molecule has 0 aliphatic carbocycles. The van der Waals surface area contributed by atoms with Crippen molar-refractivity contribution in [3.8, 4) is 0 Å². The molecule has 29 heavy (non-hydrogen) atoms. The van der Waals surface area contributed by atoms with Crippen LogP contribution in [0.15, 0.2) is 53.4 Å². The first kappa shape index (κ1) is 21.8. The normalized spacial score (nSPS) is 16.6. The molecule has 0 spiro atoms. The Morgan fingerprint density at radius 1 is 1.00 bits per heavy atom. The van der Waals surface area contributed by atoms with Gasteiger partial charge in [-0.2, -0.15) is 4.31 Å². The summed E-state index contributed by atoms with van der Waals surface area (Å²) < 4.78 is 27.4. The summed E-state index contributed by atoms with van der Waals surface area (Å²) in [6, 6.07) is 13.8. The van der Waals surface area contributed by atoms with Gasteiger partial charge in [-0.25, -0.2) is 8.42 Å². The molecule has 1 aliphatic heterocycles. The lowest BCUT2D eigenvalue weighted by atomic mass is 9.87. The molecule has 1 amide bonds. The minimum absolute atomic E-state index is 0.0249. The van der Waals surface area contributed by atoms with Gasteiger partial charge in [-0.3, -0.25) is 4.79 Å². The van der Waals surface area contributed by atoms with Crippen LogP contribution in [-0.4, -0.2) is 37.8 Å². The van der Waals surface area contributed by atoms with Gasteiger partial charge in [0.05, 0.1) is 4.90 Å². The smallest absolute Gasteiger partial charge is 0.251 e. The van der Waals surface area contributed by atoms with E-state index in [0.29, 0.717) is 41.4 Å². The second-order valence-corrected chi connectivity index (χ2v) is 10.8. The largest absolute Gasteiger partial charge is 0.349 e. The molecule has 0 saturated carbocycles. The Balaban J connectivity index is 1.60. The van der Waals surface area contributed by atoms with E-state index in [1.165, 1.54) is 4.31 Å². The molecular formula is C22H27ClN2O3S. The van der Waals surface area contributed by atoms with Crippen LogP contribution < -0.4 is 5.32 Å². The third-order valence-corrected chi connectivity index (χ3v) is 7.42. The number of benzene rings is 2. The minimum atomic E-state index is -3.53. The van der Waals surface area contributed by atoms with E-state index in [-0.39, 0.29) is 17.4 Å². The van der Waals surface area contributed by atoms with Crippen LogP contribution in [0.1, 0.15) is 49.5 Å². The fourth-order valence-electron chi connectivity index (χ4n) is 3.39. The SMILES string of the molecule is CC(C)(C)c1ccc(S(=O)(=O)N2CCC(NC(=O)c3ccc(Cl)cc3)CC2)cc1. The van der Waals surface area contributed by atoms with Crippen LogP contribution in [0.2, 0.25) is 5.02 Å². The van der Waals surface area contributed by atoms with Gasteiger partial charge in [0.1, 0.15) is 0 Å². The van der Waals surface area contributed by atoms with E-state index in [4.69, 9.17) is 11.6 Å². The molecule has 5 nitrogen and oxygen atoms in total. The van der Waals surface area contributed by atoms with Crippen LogP contribution in [0.5, 0.6) is 0 Å². The van der Waals surface area contributed by atoms with Crippen LogP contribution >= 0.6 is 11.6 Å². The molecule has 2 aromatic rings. The zero-order valence-electron chi connectivity index (χ0n) is 17.0. The van der Waals surface area contributed by atoms with E-state index in [9.17, 15) is 13.2 Å². The second kappa shape index (κ2) is 8.46. The van der Waals surface area contributed by atoms with E-state index in [1.54, 1.807) is 36.4 Å². The summed E-state index contributed by atoms with van der Waals surface area (Å²) >= 11 is 5.85. The van der Waals surface area contributed by atoms with Crippen molar-refractivity contribution in [3.63, 3.8) is 0 Å². The second-order valence-electron chi connectivity index (χ2n) is 8.43. The summed E-state index contributed by atoms with van der Waals surface area (Å²) in [4.78, 5) is 12.7. The average Bonchev–Trinajstić information content (AvgIpc) is 2.68. The molecule has 7 heteroatoms. The van der Waals surface area contributed by atoms with E-state index in [0.717, 1.165) is 5.56 Å². The van der Waals surface area contributed by atoms with Crippen molar-refractivity contribution in [2.75, 3.05) is 13.1 Å². The van der Waals surface area contributed by atoms with Gasteiger partial charge in [0.25, 0.3) is 5.91 Å². The fourth-order valence-corrected chi connectivity index (χ4v) is 4.98. The first-order valence-electron chi connectivity index (χ1n) is 9.74. The highest BCUT2D eigenvalue weighted by molar-refractivity contribution is 7.89. The molecule has 0 atom stereocenters. The van der Waals surface area contributed by atoms with Gasteiger partial charge in [0.15, 0.2) is 0 Å². The van der Waals surface area contributed by atoms with Gasteiger partial charge in [-0.05, 0) is 60.2 Å². The monoisotopic (exact) mass is 434 g/mol. The van der Waals surface area contributed by atoms with E-state index < -0.39 is 10.0 Å². The molecule has 1 N–H and O–H groups in total. The van der Waals surface area contributed by atoms with Crippen molar-refractivity contribution in [2.45, 2.75) is 50.0 Å². The van der Waals surface area contributed by atoms with Crippen LogP contribution in [0, 0.1) is 0 Å². The van der Waals surface area contributed by atoms with Crippen molar-refractivity contribution < 1.29 is 13.2 Å². The number of nitrogens with one attached hydrogen (secondary N) is 1. The van der Waals surface area contributed by atoms with Crippen molar-refractivity contribution in [2.24, 2.45) is 0 Å². The maximum Gasteiger partial charge on any atom is 0.251 e. The van der Waals surface area contributed by atoms with Crippen LogP contribution in [0.4, 0.5) is 0 Å². The predicted molar refractivity (Wildman–Crippen MR) is 116 cm³/mol. The molecule has 1 fully saturated rings. The fraction of sp³-hybridized carbons (Fsp3) is 0.409. The lowest BCUT2D eigenvalue weighted by Crippen LogP contribution is -2.46. The zero-order valence-corrected chi connectivity index (χ0v) is 18.6. The molecule has 156 valence electrons. The van der Waals surface area contributed by atoms with E-state index in [1.807, 2.05) is 12.1 Å². The van der Waals surface area contributed by atoms with Crippen LogP contribution in [-0.2, 0) is 15.4 Å². The average molecular weight is 435 g/mol. The molecular weight excluding hydrogens is 408 g/mol. The summed E-state index contributed by atoms with van der Waals surface area (Å²) in [6.45, 7) is 7.06. The van der Waals surface area contributed by atoms with Crippen molar-refractivity contribution in [1.82, 2.24) is 9.62 Å². The first-order chi connectivity index (χ1) is 13.6. The topological polar surface area (TPSA) is 66.5 Å². The summed E-state index contributed by atoms with van der Waals surface area (Å²) in [7, 11) is -3.53. The quantitative estimate of drug-likeness (QED) is 0.783. The molecule has 3 rings (SSSR count). The zero-order chi connectivity index (χ0) is 21.2. The number of sulfonamides is 1. The van der Waals surface area contributed by atoms with Gasteiger partial charge in [0.2, 0.25) is 10.0 Å². The highest BCUT2D eigenvalue weighted by Crippen LogP contribution is 2.26. The number of hydrogen-bond acceptors (Lipinski definition) is 3. The van der Waals surface area contributed by atoms with Crippen LogP contribution in [0.25, 0.3) is 0 Å². The van der Waals surface area contributed by atoms with Crippen molar-refractivity contribution >= 4 is 27.5 Å². The number of carbonyl (C=O) groups excluding carboxylic acids is 1. The Bertz CT molecular complexity index is 957. The van der Waals surface area contributed by atoms with Crippen LogP contribution in [0.3, 0.4) is 0 Å². The Labute approximate surface area is 178 Å². The van der Waals surface area contributed by atoms with Gasteiger partial charge in [0, 0.05) is 29.7 Å². The standard InChI is InChI=1S/C22H27ClN2O3S/c1-22(2,3)17-6-10-20(11-7-17)29(27,28)25-14-12-19(13-15-25)24-21(26)16-4-8-18(23)9-5-16/h4-11,19H,12-15H2,1-3H3,(H,24,26). The van der Waals surface area contributed by atoms with Gasteiger partial charge in [-0.15, -0.1) is 0 Å². The van der Waals surface area contributed by atoms with E-state index in [2.05, 4.69) is 26.1 Å². The molecule has 0 unspecified atom stereocenters. The first-order valence-corrected chi connectivity index (χ1v) is 11.6. The number of halogens is 1. The lowest BCUT2D eigenvalue weighted by molar-refractivity contribution is 0.0924. The summed E-state index contributed by atoms with van der Waals surface area (Å²) in [5.41, 5.74) is 1.62. The summed E-state index contributed by atoms with van der Waals surface area (Å²) in [6.07, 6.45) is 1.16. The van der Waals surface area contributed by atoms with E-state index >= 15 is 0 Å². The molecule has 0 radical (unpaired) electrons. The third-order valence-electron chi connectivity index (χ3n) is 5.25. The molecule has 0 bridgehead atoms. The van der Waals surface area contributed by atoms with Crippen molar-refractivity contribution in [1.29, 1.82) is 0 Å². The molecule has 1 heterocycles. The molecule has 0 aromatic heterocycles. The van der Waals surface area contributed by atoms with Gasteiger partial charge in [-0.1, -0.05) is 44.5 Å². The highest BCUT2D eigenvalue weighted by Gasteiger charge is 2.30. The summed E-state index contributed by atoms with van der Waals surface area (Å²) in [5, 5.41) is 3.57.